The van der Waals surface area contributed by atoms with Gasteiger partial charge in [0, 0.05) is 18.3 Å². The van der Waals surface area contributed by atoms with Gasteiger partial charge in [0.1, 0.15) is 18.0 Å². The lowest BCUT2D eigenvalue weighted by molar-refractivity contribution is -0.242. The molecule has 30 heavy (non-hydrogen) atoms. The van der Waals surface area contributed by atoms with Gasteiger partial charge in [-0.15, -0.1) is 0 Å². The van der Waals surface area contributed by atoms with Crippen LogP contribution in [0.25, 0.3) is 0 Å². The normalized spacial score (nSPS) is 47.3. The second kappa shape index (κ2) is 6.94. The van der Waals surface area contributed by atoms with E-state index in [4.69, 9.17) is 18.9 Å². The number of allylic oxidation sites excluding steroid dienone is 1. The van der Waals surface area contributed by atoms with E-state index < -0.39 is 5.97 Å². The van der Waals surface area contributed by atoms with Gasteiger partial charge in [0.05, 0.1) is 36.6 Å². The zero-order valence-corrected chi connectivity index (χ0v) is 18.6. The smallest absolute Gasteiger partial charge is 0.334 e. The maximum Gasteiger partial charge on any atom is 0.334 e. The van der Waals surface area contributed by atoms with Crippen molar-refractivity contribution >= 4 is 5.97 Å². The summed E-state index contributed by atoms with van der Waals surface area (Å²) in [7, 11) is 0. The fraction of sp³-hybridized carbons (Fsp3) is 0.875. The van der Waals surface area contributed by atoms with Gasteiger partial charge in [0.25, 0.3) is 0 Å². The van der Waals surface area contributed by atoms with Crippen LogP contribution in [0.2, 0.25) is 0 Å². The summed E-state index contributed by atoms with van der Waals surface area (Å²) in [5.41, 5.74) is -0.496. The zero-order valence-electron chi connectivity index (χ0n) is 18.6. The Morgan fingerprint density at radius 3 is 2.07 bits per heavy atom. The summed E-state index contributed by atoms with van der Waals surface area (Å²) >= 11 is 0. The second-order valence-corrected chi connectivity index (χ2v) is 11.4. The lowest BCUT2D eigenvalue weighted by Crippen LogP contribution is -2.59. The van der Waals surface area contributed by atoms with Crippen LogP contribution in [0.15, 0.2) is 11.3 Å². The third kappa shape index (κ3) is 3.49. The van der Waals surface area contributed by atoms with E-state index in [1.165, 1.54) is 6.42 Å². The first-order valence-corrected chi connectivity index (χ1v) is 11.6. The number of carboxylic acids is 1. The van der Waals surface area contributed by atoms with Gasteiger partial charge in [-0.25, -0.2) is 4.79 Å². The predicted molar refractivity (Wildman–Crippen MR) is 110 cm³/mol. The molecule has 2 heterocycles. The monoisotopic (exact) mass is 420 g/mol. The van der Waals surface area contributed by atoms with Crippen LogP contribution >= 0.6 is 0 Å². The molecule has 6 nitrogen and oxygen atoms in total. The summed E-state index contributed by atoms with van der Waals surface area (Å²) < 4.78 is 24.5. The molecule has 2 saturated heterocycles. The van der Waals surface area contributed by atoms with Crippen LogP contribution in [0.4, 0.5) is 0 Å². The first-order valence-electron chi connectivity index (χ1n) is 11.6. The maximum atomic E-state index is 12.0. The third-order valence-electron chi connectivity index (χ3n) is 8.52. The zero-order chi connectivity index (χ0) is 21.2. The van der Waals surface area contributed by atoms with Crippen LogP contribution in [-0.2, 0) is 23.7 Å². The highest BCUT2D eigenvalue weighted by atomic mass is 16.6. The van der Waals surface area contributed by atoms with E-state index in [2.05, 4.69) is 6.92 Å². The molecule has 6 heteroatoms. The molecule has 0 radical (unpaired) electrons. The molecule has 168 valence electrons. The van der Waals surface area contributed by atoms with Crippen LogP contribution < -0.4 is 0 Å². The van der Waals surface area contributed by atoms with E-state index in [0.717, 1.165) is 58.2 Å². The minimum absolute atomic E-state index is 0.154. The lowest BCUT2D eigenvalue weighted by Gasteiger charge is -2.62. The highest BCUT2D eigenvalue weighted by Crippen LogP contribution is 2.66. The summed E-state index contributed by atoms with van der Waals surface area (Å²) in [5.74, 6) is 0.972. The Kier molecular flexibility index (Phi) is 4.81. The van der Waals surface area contributed by atoms with Gasteiger partial charge in [0.2, 0.25) is 0 Å². The summed E-state index contributed by atoms with van der Waals surface area (Å²) in [4.78, 5) is 12.0. The highest BCUT2D eigenvalue weighted by molar-refractivity contribution is 5.86. The van der Waals surface area contributed by atoms with E-state index in [1.54, 1.807) is 6.92 Å². The number of rotatable bonds is 8. The lowest BCUT2D eigenvalue weighted by atomic mass is 9.47. The molecule has 0 aromatic rings. The Balaban J connectivity index is 1.41. The third-order valence-corrected chi connectivity index (χ3v) is 8.52. The van der Waals surface area contributed by atoms with Crippen LogP contribution in [-0.4, -0.2) is 54.3 Å². The van der Waals surface area contributed by atoms with Crippen molar-refractivity contribution in [3.05, 3.63) is 11.3 Å². The Labute approximate surface area is 179 Å². The number of carbonyl (C=O) groups is 1. The van der Waals surface area contributed by atoms with E-state index >= 15 is 0 Å². The average molecular weight is 421 g/mol. The van der Waals surface area contributed by atoms with Crippen molar-refractivity contribution in [3.63, 3.8) is 0 Å². The van der Waals surface area contributed by atoms with Crippen molar-refractivity contribution in [2.45, 2.75) is 88.9 Å². The first-order chi connectivity index (χ1) is 14.1. The van der Waals surface area contributed by atoms with Crippen molar-refractivity contribution in [1.29, 1.82) is 0 Å². The molecule has 6 fully saturated rings. The van der Waals surface area contributed by atoms with Crippen molar-refractivity contribution in [2.24, 2.45) is 17.3 Å². The Morgan fingerprint density at radius 1 is 1.00 bits per heavy atom. The number of hydrogen-bond acceptors (Lipinski definition) is 5. The second-order valence-electron chi connectivity index (χ2n) is 11.4. The van der Waals surface area contributed by atoms with Gasteiger partial charge in [0.15, 0.2) is 0 Å². The number of aliphatic carboxylic acids is 1. The van der Waals surface area contributed by atoms with E-state index in [0.29, 0.717) is 36.4 Å². The van der Waals surface area contributed by atoms with Crippen LogP contribution in [0.3, 0.4) is 0 Å². The van der Waals surface area contributed by atoms with Crippen LogP contribution in [0.5, 0.6) is 0 Å². The van der Waals surface area contributed by atoms with Crippen molar-refractivity contribution in [2.75, 3.05) is 26.4 Å². The molecule has 4 bridgehead atoms. The molecule has 6 aliphatic rings. The molecule has 0 aromatic carbocycles. The van der Waals surface area contributed by atoms with Gasteiger partial charge < -0.3 is 24.1 Å². The van der Waals surface area contributed by atoms with Gasteiger partial charge in [-0.2, -0.15) is 0 Å². The van der Waals surface area contributed by atoms with Crippen molar-refractivity contribution in [3.8, 4) is 0 Å². The standard InChI is InChI=1S/C24H36O6/c1-16(20(25)26)19(27-14-21(2)4-6-28-21)23-9-17-8-18(10-23)12-24(11-17,13-23)30-15-22(3)5-7-29-22/h17-18H,4-15H2,1-3H3,(H,25,26). The number of carboxylic acid groups (broad SMARTS) is 1. The fourth-order valence-electron chi connectivity index (χ4n) is 7.03. The predicted octanol–water partition coefficient (Wildman–Crippen LogP) is 4.08. The molecular weight excluding hydrogens is 384 g/mol. The maximum absolute atomic E-state index is 12.0. The quantitative estimate of drug-likeness (QED) is 0.471. The minimum Gasteiger partial charge on any atom is -0.494 e. The highest BCUT2D eigenvalue weighted by Gasteiger charge is 2.61. The van der Waals surface area contributed by atoms with E-state index in [9.17, 15) is 9.90 Å². The SMILES string of the molecule is CC(C(=O)O)=C(OCC1(C)CCO1)C12CC3CC(CC(OCC4(C)CCO4)(C3)C1)C2. The molecule has 6 rings (SSSR count). The number of hydrogen-bond donors (Lipinski definition) is 1. The molecule has 0 amide bonds. The van der Waals surface area contributed by atoms with Gasteiger partial charge >= 0.3 is 5.97 Å². The minimum atomic E-state index is -0.884. The Bertz CT molecular complexity index is 733. The van der Waals surface area contributed by atoms with Crippen LogP contribution in [0.1, 0.15) is 72.1 Å². The molecule has 0 spiro atoms. The van der Waals surface area contributed by atoms with Gasteiger partial charge in [-0.1, -0.05) is 0 Å². The Hall–Kier alpha value is -1.11. The molecule has 4 aliphatic carbocycles. The molecule has 4 unspecified atom stereocenters. The average Bonchev–Trinajstić information content (AvgIpc) is 2.62. The molecule has 4 saturated carbocycles. The van der Waals surface area contributed by atoms with E-state index in [-0.39, 0.29) is 22.2 Å². The largest absolute Gasteiger partial charge is 0.494 e. The first kappa shape index (κ1) is 20.8. The van der Waals surface area contributed by atoms with Gasteiger partial charge in [-0.05, 0) is 71.1 Å². The van der Waals surface area contributed by atoms with Crippen molar-refractivity contribution in [1.82, 2.24) is 0 Å². The number of ether oxygens (including phenoxy) is 4. The summed E-state index contributed by atoms with van der Waals surface area (Å²) in [5, 5.41) is 9.85. The topological polar surface area (TPSA) is 74.2 Å². The molecule has 1 N–H and O–H groups in total. The molecule has 2 aliphatic heterocycles. The van der Waals surface area contributed by atoms with E-state index in [1.807, 2.05) is 6.92 Å². The summed E-state index contributed by atoms with van der Waals surface area (Å²) in [6.45, 7) is 8.52. The molecule has 0 aromatic heterocycles. The Morgan fingerprint density at radius 2 is 1.57 bits per heavy atom. The molecular formula is C24H36O6. The van der Waals surface area contributed by atoms with Gasteiger partial charge in [-0.3, -0.25) is 0 Å². The summed E-state index contributed by atoms with van der Waals surface area (Å²) in [6, 6.07) is 0. The van der Waals surface area contributed by atoms with Crippen LogP contribution in [0, 0.1) is 17.3 Å². The summed E-state index contributed by atoms with van der Waals surface area (Å²) in [6.07, 6.45) is 8.30. The van der Waals surface area contributed by atoms with Crippen molar-refractivity contribution < 1.29 is 28.8 Å². The fourth-order valence-corrected chi connectivity index (χ4v) is 7.03. The molecule has 4 atom stereocenters.